The largest absolute Gasteiger partial charge is 0.283 e. The van der Waals surface area contributed by atoms with Crippen molar-refractivity contribution in [2.24, 2.45) is 0 Å². The van der Waals surface area contributed by atoms with Crippen molar-refractivity contribution in [3.05, 3.63) is 43.1 Å². The lowest BCUT2D eigenvalue weighted by atomic mass is 10.2. The number of thioether (sulfide) groups is 1. The van der Waals surface area contributed by atoms with Crippen LogP contribution in [0, 0.1) is 0 Å². The zero-order chi connectivity index (χ0) is 10.8. The Morgan fingerprint density at radius 1 is 1.47 bits per heavy atom. The lowest BCUT2D eigenvalue weighted by Gasteiger charge is -1.97. The number of hydrogen-bond donors (Lipinski definition) is 0. The second-order valence-corrected chi connectivity index (χ2v) is 3.98. The minimum Gasteiger partial charge on any atom is -0.283 e. The highest BCUT2D eigenvalue weighted by molar-refractivity contribution is 7.98. The molecule has 0 amide bonds. The molecule has 0 fully saturated rings. The normalized spacial score (nSPS) is 10.5. The summed E-state index contributed by atoms with van der Waals surface area (Å²) in [6, 6.07) is 7.87. The molecule has 0 saturated heterocycles. The molecule has 0 aliphatic rings. The Kier molecular flexibility index (Phi) is 2.64. The van der Waals surface area contributed by atoms with Crippen LogP contribution >= 0.6 is 11.8 Å². The molecule has 0 aliphatic carbocycles. The monoisotopic (exact) mass is 217 g/mol. The molecule has 0 unspecified atom stereocenters. The molecule has 2 aromatic rings. The molecule has 3 heteroatoms. The molecule has 0 spiro atoms. The molecule has 0 aliphatic heterocycles. The standard InChI is InChI=1S/C12H11NOS/c1-3-12(14)13-8-11(15-2)9-6-4-5-7-10(9)13/h3-8H,1H2,2H3. The van der Waals surface area contributed by atoms with E-state index in [1.54, 1.807) is 16.3 Å². The zero-order valence-electron chi connectivity index (χ0n) is 8.43. The topological polar surface area (TPSA) is 22.0 Å². The number of allylic oxidation sites excluding steroid dienone is 1. The van der Waals surface area contributed by atoms with Gasteiger partial charge in [-0.1, -0.05) is 24.8 Å². The summed E-state index contributed by atoms with van der Waals surface area (Å²) in [4.78, 5) is 12.7. The van der Waals surface area contributed by atoms with Crippen molar-refractivity contribution in [1.29, 1.82) is 0 Å². The number of rotatable bonds is 2. The lowest BCUT2D eigenvalue weighted by molar-refractivity contribution is 0.0974. The molecule has 0 N–H and O–H groups in total. The van der Waals surface area contributed by atoms with Crippen LogP contribution in [0.25, 0.3) is 10.9 Å². The second-order valence-electron chi connectivity index (χ2n) is 3.13. The van der Waals surface area contributed by atoms with E-state index >= 15 is 0 Å². The molecule has 2 rings (SSSR count). The Morgan fingerprint density at radius 3 is 2.87 bits per heavy atom. The van der Waals surface area contributed by atoms with Crippen LogP contribution in [0.4, 0.5) is 0 Å². The van der Waals surface area contributed by atoms with Gasteiger partial charge in [0.25, 0.3) is 5.91 Å². The molecule has 0 saturated carbocycles. The predicted octanol–water partition coefficient (Wildman–Crippen LogP) is 3.19. The Labute approximate surface area is 92.6 Å². The first-order chi connectivity index (χ1) is 7.27. The van der Waals surface area contributed by atoms with Crippen LogP contribution in [-0.2, 0) is 0 Å². The van der Waals surface area contributed by atoms with Gasteiger partial charge in [-0.25, -0.2) is 0 Å². The van der Waals surface area contributed by atoms with Crippen LogP contribution in [0.3, 0.4) is 0 Å². The van der Waals surface area contributed by atoms with Crippen molar-refractivity contribution >= 4 is 28.6 Å². The van der Waals surface area contributed by atoms with Gasteiger partial charge in [-0.3, -0.25) is 9.36 Å². The third-order valence-electron chi connectivity index (χ3n) is 2.31. The molecule has 0 bridgehead atoms. The highest BCUT2D eigenvalue weighted by Gasteiger charge is 2.09. The van der Waals surface area contributed by atoms with E-state index in [-0.39, 0.29) is 5.91 Å². The van der Waals surface area contributed by atoms with Gasteiger partial charge in [0.2, 0.25) is 0 Å². The molecule has 2 nitrogen and oxygen atoms in total. The first-order valence-electron chi connectivity index (χ1n) is 4.58. The molecule has 1 heterocycles. The Balaban J connectivity index is 2.75. The third-order valence-corrected chi connectivity index (χ3v) is 3.07. The van der Waals surface area contributed by atoms with Crippen LogP contribution < -0.4 is 0 Å². The zero-order valence-corrected chi connectivity index (χ0v) is 9.25. The van der Waals surface area contributed by atoms with Crippen LogP contribution in [0.2, 0.25) is 0 Å². The number of benzene rings is 1. The van der Waals surface area contributed by atoms with E-state index in [1.165, 1.54) is 6.08 Å². The Morgan fingerprint density at radius 2 is 2.20 bits per heavy atom. The molecule has 0 radical (unpaired) electrons. The smallest absolute Gasteiger partial charge is 0.254 e. The molecule has 0 atom stereocenters. The molecule has 15 heavy (non-hydrogen) atoms. The van der Waals surface area contributed by atoms with Gasteiger partial charge in [-0.15, -0.1) is 11.8 Å². The molecular weight excluding hydrogens is 206 g/mol. The van der Waals surface area contributed by atoms with Gasteiger partial charge in [0.05, 0.1) is 5.52 Å². The summed E-state index contributed by atoms with van der Waals surface area (Å²) in [5.74, 6) is -0.0912. The first kappa shape index (κ1) is 10.1. The summed E-state index contributed by atoms with van der Waals surface area (Å²) in [5, 5.41) is 1.11. The van der Waals surface area contributed by atoms with E-state index in [0.29, 0.717) is 0 Å². The van der Waals surface area contributed by atoms with E-state index < -0.39 is 0 Å². The molecule has 1 aromatic heterocycles. The first-order valence-corrected chi connectivity index (χ1v) is 5.81. The van der Waals surface area contributed by atoms with Gasteiger partial charge in [-0.05, 0) is 18.4 Å². The van der Waals surface area contributed by atoms with Crippen molar-refractivity contribution < 1.29 is 4.79 Å². The molecule has 1 aromatic carbocycles. The van der Waals surface area contributed by atoms with E-state index in [4.69, 9.17) is 0 Å². The summed E-state index contributed by atoms with van der Waals surface area (Å²) < 4.78 is 1.63. The van der Waals surface area contributed by atoms with Gasteiger partial charge in [0.15, 0.2) is 0 Å². The Bertz CT molecular complexity index is 527. The predicted molar refractivity (Wildman–Crippen MR) is 64.5 cm³/mol. The van der Waals surface area contributed by atoms with Crippen molar-refractivity contribution in [2.75, 3.05) is 6.26 Å². The molecular formula is C12H11NOS. The van der Waals surface area contributed by atoms with E-state index in [2.05, 4.69) is 6.58 Å². The summed E-state index contributed by atoms with van der Waals surface area (Å²) >= 11 is 1.64. The van der Waals surface area contributed by atoms with Gasteiger partial charge < -0.3 is 0 Å². The van der Waals surface area contributed by atoms with Crippen LogP contribution in [0.15, 0.2) is 48.0 Å². The number of aromatic nitrogens is 1. The van der Waals surface area contributed by atoms with Crippen molar-refractivity contribution in [1.82, 2.24) is 4.57 Å². The summed E-state index contributed by atoms with van der Waals surface area (Å²) in [6.07, 6.45) is 5.19. The summed E-state index contributed by atoms with van der Waals surface area (Å²) in [7, 11) is 0. The van der Waals surface area contributed by atoms with E-state index in [9.17, 15) is 4.79 Å². The number of nitrogens with zero attached hydrogens (tertiary/aromatic N) is 1. The van der Waals surface area contributed by atoms with Gasteiger partial charge >= 0.3 is 0 Å². The maximum absolute atomic E-state index is 11.6. The molecule has 76 valence electrons. The number of carbonyl (C=O) groups excluding carboxylic acids is 1. The van der Waals surface area contributed by atoms with Crippen LogP contribution in [0.1, 0.15) is 4.79 Å². The minimum absolute atomic E-state index is 0.0912. The van der Waals surface area contributed by atoms with E-state index in [0.717, 1.165) is 15.8 Å². The third kappa shape index (κ3) is 1.59. The highest BCUT2D eigenvalue weighted by Crippen LogP contribution is 2.28. The minimum atomic E-state index is -0.0912. The van der Waals surface area contributed by atoms with Crippen LogP contribution in [0.5, 0.6) is 0 Å². The maximum Gasteiger partial charge on any atom is 0.254 e. The summed E-state index contributed by atoms with van der Waals surface area (Å²) in [6.45, 7) is 3.50. The van der Waals surface area contributed by atoms with Gasteiger partial charge in [0.1, 0.15) is 0 Å². The highest BCUT2D eigenvalue weighted by atomic mass is 32.2. The van der Waals surface area contributed by atoms with Crippen molar-refractivity contribution in [3.8, 4) is 0 Å². The summed E-state index contributed by atoms with van der Waals surface area (Å²) in [5.41, 5.74) is 0.937. The maximum atomic E-state index is 11.6. The SMILES string of the molecule is C=CC(=O)n1cc(SC)c2ccccc21. The lowest BCUT2D eigenvalue weighted by Crippen LogP contribution is -2.04. The quantitative estimate of drug-likeness (QED) is 0.569. The number of hydrogen-bond acceptors (Lipinski definition) is 2. The van der Waals surface area contributed by atoms with Gasteiger partial charge in [0, 0.05) is 16.5 Å². The van der Waals surface area contributed by atoms with Crippen LogP contribution in [-0.4, -0.2) is 16.7 Å². The van der Waals surface area contributed by atoms with Crippen molar-refractivity contribution in [2.45, 2.75) is 4.90 Å². The van der Waals surface area contributed by atoms with Gasteiger partial charge in [-0.2, -0.15) is 0 Å². The second kappa shape index (κ2) is 3.95. The van der Waals surface area contributed by atoms with E-state index in [1.807, 2.05) is 36.7 Å². The fraction of sp³-hybridized carbons (Fsp3) is 0.0833. The van der Waals surface area contributed by atoms with Crippen molar-refractivity contribution in [3.63, 3.8) is 0 Å². The Hall–Kier alpha value is -1.48. The average molecular weight is 217 g/mol. The fourth-order valence-corrected chi connectivity index (χ4v) is 2.20. The average Bonchev–Trinajstić information content (AvgIpc) is 2.67. The number of carbonyl (C=O) groups is 1. The number of fused-ring (bicyclic) bond motifs is 1. The fourth-order valence-electron chi connectivity index (χ4n) is 1.59. The number of para-hydroxylation sites is 1.